The van der Waals surface area contributed by atoms with Gasteiger partial charge < -0.3 is 9.64 Å². The van der Waals surface area contributed by atoms with E-state index in [0.717, 1.165) is 0 Å². The molecule has 2 aromatic rings. The number of likely N-dealkylation sites (N-methyl/N-ethyl adjacent to an activating group) is 1. The zero-order chi connectivity index (χ0) is 22.9. The van der Waals surface area contributed by atoms with Crippen LogP contribution in [0.15, 0.2) is 59.5 Å². The number of nitrogens with one attached hydrogen (secondary N) is 1. The molecule has 0 radical (unpaired) electrons. The molecule has 0 unspecified atom stereocenters. The lowest BCUT2D eigenvalue weighted by Gasteiger charge is -2.22. The summed E-state index contributed by atoms with van der Waals surface area (Å²) in [7, 11) is -3.97. The molecule has 0 aliphatic carbocycles. The van der Waals surface area contributed by atoms with E-state index in [2.05, 4.69) is 4.72 Å². The number of hydrogen-bond donors (Lipinski definition) is 1. The third kappa shape index (κ3) is 7.53. The lowest BCUT2D eigenvalue weighted by molar-refractivity contribution is -0.149. The van der Waals surface area contributed by atoms with Crippen LogP contribution in [0.25, 0.3) is 0 Å². The van der Waals surface area contributed by atoms with E-state index in [1.165, 1.54) is 40.9 Å². The van der Waals surface area contributed by atoms with Crippen LogP contribution in [0.2, 0.25) is 5.02 Å². The van der Waals surface area contributed by atoms with Crippen molar-refractivity contribution in [3.63, 3.8) is 0 Å². The number of thioether (sulfide) groups is 1. The van der Waals surface area contributed by atoms with Crippen molar-refractivity contribution < 1.29 is 22.7 Å². The Morgan fingerprint density at radius 2 is 1.77 bits per heavy atom. The topological polar surface area (TPSA) is 92.8 Å². The van der Waals surface area contributed by atoms with Crippen molar-refractivity contribution in [3.8, 4) is 0 Å². The summed E-state index contributed by atoms with van der Waals surface area (Å²) >= 11 is 7.28. The Balaban J connectivity index is 2.06. The quantitative estimate of drug-likeness (QED) is 0.492. The number of ether oxygens (including phenoxy) is 1. The predicted molar refractivity (Wildman–Crippen MR) is 124 cm³/mol. The number of benzene rings is 2. The van der Waals surface area contributed by atoms with Crippen LogP contribution < -0.4 is 9.62 Å². The van der Waals surface area contributed by atoms with E-state index in [-0.39, 0.29) is 11.3 Å². The highest BCUT2D eigenvalue weighted by Crippen LogP contribution is 2.16. The summed E-state index contributed by atoms with van der Waals surface area (Å²) in [6.07, 6.45) is 2.07. The highest BCUT2D eigenvalue weighted by atomic mass is 35.5. The van der Waals surface area contributed by atoms with E-state index in [4.69, 9.17) is 16.3 Å². The minimum Gasteiger partial charge on any atom is -0.454 e. The Hall–Kier alpha value is -2.07. The monoisotopic (exact) mass is 484 g/mol. The molecule has 2 rings (SSSR count). The number of esters is 1. The van der Waals surface area contributed by atoms with E-state index >= 15 is 0 Å². The molecular weight excluding hydrogens is 460 g/mol. The molecule has 2 aromatic carbocycles. The van der Waals surface area contributed by atoms with Crippen molar-refractivity contribution in [3.05, 3.63) is 59.6 Å². The Kier molecular flexibility index (Phi) is 9.83. The molecule has 1 N–H and O–H groups in total. The molecule has 168 valence electrons. The van der Waals surface area contributed by atoms with Crippen LogP contribution in [0, 0.1) is 0 Å². The zero-order valence-electron chi connectivity index (χ0n) is 17.3. The first-order valence-corrected chi connectivity index (χ1v) is 12.8. The van der Waals surface area contributed by atoms with Crippen LogP contribution >= 0.6 is 23.4 Å². The number of para-hydroxylation sites is 1. The maximum Gasteiger partial charge on any atom is 0.324 e. The summed E-state index contributed by atoms with van der Waals surface area (Å²) in [6.45, 7) is 1.73. The standard InChI is InChI=1S/C21H25ClN2O5S2/c1-3-24(17-7-5-4-6-8-17)20(25)15-29-21(26)19(13-14-30-2)23-31(27,28)18-11-9-16(22)10-12-18/h4-12,19,23H,3,13-15H2,1-2H3/t19-/m0/s1. The fraction of sp³-hybridized carbons (Fsp3) is 0.333. The van der Waals surface area contributed by atoms with Gasteiger partial charge in [-0.3, -0.25) is 9.59 Å². The number of halogens is 1. The average molecular weight is 485 g/mol. The lowest BCUT2D eigenvalue weighted by Crippen LogP contribution is -2.43. The molecule has 0 heterocycles. The van der Waals surface area contributed by atoms with Gasteiger partial charge in [0.15, 0.2) is 6.61 Å². The fourth-order valence-corrected chi connectivity index (χ4v) is 4.57. The van der Waals surface area contributed by atoms with Crippen molar-refractivity contribution in [2.24, 2.45) is 0 Å². The maximum atomic E-state index is 12.7. The molecule has 0 aliphatic rings. The number of sulfonamides is 1. The molecule has 1 atom stereocenters. The second kappa shape index (κ2) is 12.1. The van der Waals surface area contributed by atoms with Crippen LogP contribution in [-0.2, 0) is 24.3 Å². The Bertz CT molecular complexity index is 969. The molecule has 1 amide bonds. The van der Waals surface area contributed by atoms with Gasteiger partial charge in [0.1, 0.15) is 6.04 Å². The summed E-state index contributed by atoms with van der Waals surface area (Å²) < 4.78 is 32.9. The first-order valence-electron chi connectivity index (χ1n) is 9.57. The molecule has 31 heavy (non-hydrogen) atoms. The van der Waals surface area contributed by atoms with Gasteiger partial charge in [0, 0.05) is 17.3 Å². The molecule has 10 heteroatoms. The molecule has 0 fully saturated rings. The Labute approximate surface area is 192 Å². The summed E-state index contributed by atoms with van der Waals surface area (Å²) in [5.41, 5.74) is 0.688. The summed E-state index contributed by atoms with van der Waals surface area (Å²) in [5, 5.41) is 0.398. The Morgan fingerprint density at radius 3 is 2.35 bits per heavy atom. The van der Waals surface area contributed by atoms with E-state index in [1.807, 2.05) is 19.2 Å². The van der Waals surface area contributed by atoms with Gasteiger partial charge in [0.25, 0.3) is 5.91 Å². The van der Waals surface area contributed by atoms with E-state index in [1.54, 1.807) is 24.3 Å². The van der Waals surface area contributed by atoms with Crippen molar-refractivity contribution in [2.45, 2.75) is 24.3 Å². The number of nitrogens with zero attached hydrogens (tertiary/aromatic N) is 1. The summed E-state index contributed by atoms with van der Waals surface area (Å²) in [5.74, 6) is -0.669. The van der Waals surface area contributed by atoms with Crippen molar-refractivity contribution in [1.82, 2.24) is 4.72 Å². The average Bonchev–Trinajstić information content (AvgIpc) is 2.76. The van der Waals surface area contributed by atoms with Crippen molar-refractivity contribution in [2.75, 3.05) is 30.1 Å². The van der Waals surface area contributed by atoms with Gasteiger partial charge in [-0.15, -0.1) is 0 Å². The molecule has 0 bridgehead atoms. The van der Waals surface area contributed by atoms with Crippen LogP contribution in [0.3, 0.4) is 0 Å². The van der Waals surface area contributed by atoms with Gasteiger partial charge in [-0.05, 0) is 61.8 Å². The molecule has 0 aliphatic heterocycles. The van der Waals surface area contributed by atoms with Gasteiger partial charge in [-0.2, -0.15) is 16.5 Å². The minimum atomic E-state index is -3.97. The first kappa shape index (κ1) is 25.2. The van der Waals surface area contributed by atoms with Gasteiger partial charge in [-0.1, -0.05) is 29.8 Å². The number of amides is 1. The second-order valence-corrected chi connectivity index (χ2v) is 9.63. The number of hydrogen-bond acceptors (Lipinski definition) is 6. The van der Waals surface area contributed by atoms with Crippen LogP contribution in [0.5, 0.6) is 0 Å². The van der Waals surface area contributed by atoms with Crippen molar-refractivity contribution >= 4 is 50.9 Å². The number of carbonyl (C=O) groups excluding carboxylic acids is 2. The van der Waals surface area contributed by atoms with Crippen LogP contribution in [0.1, 0.15) is 13.3 Å². The van der Waals surface area contributed by atoms with E-state index in [0.29, 0.717) is 23.0 Å². The summed E-state index contributed by atoms with van der Waals surface area (Å²) in [6, 6.07) is 13.5. The lowest BCUT2D eigenvalue weighted by atomic mass is 10.2. The minimum absolute atomic E-state index is 0.0174. The number of rotatable bonds is 11. The van der Waals surface area contributed by atoms with Crippen LogP contribution in [-0.4, -0.2) is 51.5 Å². The SMILES string of the molecule is CCN(C(=O)COC(=O)[C@H](CCSC)NS(=O)(=O)c1ccc(Cl)cc1)c1ccccc1. The van der Waals surface area contributed by atoms with E-state index in [9.17, 15) is 18.0 Å². The predicted octanol–water partition coefficient (Wildman–Crippen LogP) is 3.34. The number of carbonyl (C=O) groups is 2. The molecule has 7 nitrogen and oxygen atoms in total. The van der Waals surface area contributed by atoms with Gasteiger partial charge >= 0.3 is 5.97 Å². The molecule has 0 saturated carbocycles. The second-order valence-electron chi connectivity index (χ2n) is 6.49. The zero-order valence-corrected chi connectivity index (χ0v) is 19.7. The van der Waals surface area contributed by atoms with Gasteiger partial charge in [0.05, 0.1) is 4.90 Å². The maximum absolute atomic E-state index is 12.7. The smallest absolute Gasteiger partial charge is 0.324 e. The molecule has 0 aromatic heterocycles. The van der Waals surface area contributed by atoms with Crippen LogP contribution in [0.4, 0.5) is 5.69 Å². The number of anilines is 1. The Morgan fingerprint density at radius 1 is 1.13 bits per heavy atom. The molecule has 0 saturated heterocycles. The molecular formula is C21H25ClN2O5S2. The highest BCUT2D eigenvalue weighted by Gasteiger charge is 2.28. The first-order chi connectivity index (χ1) is 14.8. The third-order valence-electron chi connectivity index (χ3n) is 4.34. The van der Waals surface area contributed by atoms with Crippen molar-refractivity contribution in [1.29, 1.82) is 0 Å². The molecule has 0 spiro atoms. The summed E-state index contributed by atoms with van der Waals surface area (Å²) in [4.78, 5) is 26.6. The normalized spacial score (nSPS) is 12.2. The highest BCUT2D eigenvalue weighted by molar-refractivity contribution is 7.98. The van der Waals surface area contributed by atoms with Gasteiger partial charge in [0.2, 0.25) is 10.0 Å². The fourth-order valence-electron chi connectivity index (χ4n) is 2.75. The van der Waals surface area contributed by atoms with E-state index < -0.39 is 34.5 Å². The van der Waals surface area contributed by atoms with Gasteiger partial charge in [-0.25, -0.2) is 8.42 Å². The largest absolute Gasteiger partial charge is 0.454 e. The third-order valence-corrected chi connectivity index (χ3v) is 6.72.